The number of allylic oxidation sites excluding steroid dienone is 4. The molecule has 0 aromatic carbocycles. The Morgan fingerprint density at radius 1 is 1.22 bits per heavy atom. The van der Waals surface area contributed by atoms with Crippen LogP contribution in [0.1, 0.15) is 13.8 Å². The van der Waals surface area contributed by atoms with Gasteiger partial charge in [-0.3, -0.25) is 9.59 Å². The normalized spacial score (nSPS) is 14.3. The number of carbonyl (C=O) groups is 2. The van der Waals surface area contributed by atoms with E-state index in [2.05, 4.69) is 13.2 Å². The highest BCUT2D eigenvalue weighted by Gasteiger charge is 2.28. The first kappa shape index (κ1) is 15.9. The number of carbonyl (C=O) groups excluding carboxylic acids is 2. The van der Waals surface area contributed by atoms with Crippen LogP contribution >= 0.6 is 0 Å². The lowest BCUT2D eigenvalue weighted by Gasteiger charge is -2.14. The summed E-state index contributed by atoms with van der Waals surface area (Å²) in [5.41, 5.74) is 1.38. The van der Waals surface area contributed by atoms with Gasteiger partial charge in [-0.2, -0.15) is 0 Å². The van der Waals surface area contributed by atoms with Crippen LogP contribution in [0.2, 0.25) is 0 Å². The van der Waals surface area contributed by atoms with E-state index < -0.39 is 0 Å². The quantitative estimate of drug-likeness (QED) is 0.570. The molecular weight excluding hydrogens is 232 g/mol. The van der Waals surface area contributed by atoms with Crippen LogP contribution in [0.25, 0.3) is 0 Å². The maximum absolute atomic E-state index is 11.4. The third kappa shape index (κ3) is 4.05. The third-order valence-electron chi connectivity index (χ3n) is 2.10. The molecule has 0 radical (unpaired) electrons. The molecule has 0 spiro atoms. The molecule has 1 aliphatic rings. The summed E-state index contributed by atoms with van der Waals surface area (Å²) in [7, 11) is 2.66. The van der Waals surface area contributed by atoms with Gasteiger partial charge in [-0.1, -0.05) is 24.8 Å². The average Bonchev–Trinajstić information content (AvgIpc) is 2.34. The highest BCUT2D eigenvalue weighted by atomic mass is 16.5. The van der Waals surface area contributed by atoms with Crippen LogP contribution in [0.15, 0.2) is 48.0 Å². The van der Waals surface area contributed by atoms with Gasteiger partial charge in [0, 0.05) is 5.57 Å². The fourth-order valence-corrected chi connectivity index (χ4v) is 1.10. The summed E-state index contributed by atoms with van der Waals surface area (Å²) in [6.45, 7) is 10.5. The predicted molar refractivity (Wildman–Crippen MR) is 69.8 cm³/mol. The Morgan fingerprint density at radius 3 is 2.00 bits per heavy atom. The second kappa shape index (κ2) is 7.27. The largest absolute Gasteiger partial charge is 0.490 e. The molecule has 0 N–H and O–H groups in total. The smallest absolute Gasteiger partial charge is 0.227 e. The molecule has 0 atom stereocenters. The highest BCUT2D eigenvalue weighted by Crippen LogP contribution is 2.19. The summed E-state index contributed by atoms with van der Waals surface area (Å²) >= 11 is 0. The van der Waals surface area contributed by atoms with Crippen LogP contribution in [0, 0.1) is 0 Å². The van der Waals surface area contributed by atoms with Crippen molar-refractivity contribution >= 4 is 11.6 Å². The molecule has 0 unspecified atom stereocenters. The number of ether oxygens (including phenoxy) is 2. The topological polar surface area (TPSA) is 52.6 Å². The standard InChI is InChI=1S/C9H10O4.C5H8/c1-5-4-6(10)8(12-2)9(13-3)7(5)11;1-4-5(2)3/h4H,1-3H3;4H,1-2H2,3H3. The predicted octanol–water partition coefficient (Wildman–Crippen LogP) is 2.34. The first-order chi connectivity index (χ1) is 8.38. The summed E-state index contributed by atoms with van der Waals surface area (Å²) in [5.74, 6) is -0.694. The van der Waals surface area contributed by atoms with Crippen molar-refractivity contribution in [1.29, 1.82) is 0 Å². The fraction of sp³-hybridized carbons (Fsp3) is 0.286. The van der Waals surface area contributed by atoms with Gasteiger partial charge in [0.1, 0.15) is 0 Å². The minimum absolute atomic E-state index is 0.0208. The first-order valence-electron chi connectivity index (χ1n) is 5.26. The van der Waals surface area contributed by atoms with Crippen LogP contribution < -0.4 is 0 Å². The Balaban J connectivity index is 0.000000494. The molecule has 0 fully saturated rings. The van der Waals surface area contributed by atoms with Crippen molar-refractivity contribution in [3.05, 3.63) is 48.0 Å². The van der Waals surface area contributed by atoms with Crippen LogP contribution in [-0.4, -0.2) is 25.8 Å². The number of methoxy groups -OCH3 is 2. The second-order valence-electron chi connectivity index (χ2n) is 3.64. The van der Waals surface area contributed by atoms with E-state index >= 15 is 0 Å². The van der Waals surface area contributed by atoms with Crippen LogP contribution in [0.5, 0.6) is 0 Å². The Bertz CT molecular complexity index is 439. The fourth-order valence-electron chi connectivity index (χ4n) is 1.10. The summed E-state index contributed by atoms with van der Waals surface area (Å²) < 4.78 is 9.56. The Hall–Kier alpha value is -2.10. The molecule has 0 saturated carbocycles. The zero-order valence-electron chi connectivity index (χ0n) is 11.2. The molecule has 0 amide bonds. The molecule has 0 heterocycles. The summed E-state index contributed by atoms with van der Waals surface area (Å²) in [6.07, 6.45) is 2.96. The van der Waals surface area contributed by atoms with Crippen molar-refractivity contribution in [2.75, 3.05) is 14.2 Å². The minimum atomic E-state index is -0.337. The molecule has 4 heteroatoms. The van der Waals surface area contributed by atoms with Gasteiger partial charge < -0.3 is 9.47 Å². The van der Waals surface area contributed by atoms with Gasteiger partial charge in [-0.05, 0) is 19.9 Å². The highest BCUT2D eigenvalue weighted by molar-refractivity contribution is 6.20. The Labute approximate surface area is 107 Å². The van der Waals surface area contributed by atoms with Crippen molar-refractivity contribution in [2.45, 2.75) is 13.8 Å². The molecule has 1 aliphatic carbocycles. The number of hydrogen-bond donors (Lipinski definition) is 0. The third-order valence-corrected chi connectivity index (χ3v) is 2.10. The van der Waals surface area contributed by atoms with Crippen molar-refractivity contribution in [1.82, 2.24) is 0 Å². The lowest BCUT2D eigenvalue weighted by Crippen LogP contribution is -2.20. The minimum Gasteiger partial charge on any atom is -0.490 e. The van der Waals surface area contributed by atoms with Gasteiger partial charge in [-0.25, -0.2) is 0 Å². The van der Waals surface area contributed by atoms with Crippen LogP contribution in [0.4, 0.5) is 0 Å². The molecule has 0 aromatic rings. The van der Waals surface area contributed by atoms with Crippen molar-refractivity contribution in [3.63, 3.8) is 0 Å². The Kier molecular flexibility index (Phi) is 6.42. The summed E-state index contributed by atoms with van der Waals surface area (Å²) in [6, 6.07) is 0. The van der Waals surface area contributed by atoms with Gasteiger partial charge in [-0.15, -0.1) is 0 Å². The van der Waals surface area contributed by atoms with E-state index in [-0.39, 0.29) is 23.1 Å². The van der Waals surface area contributed by atoms with Gasteiger partial charge in [0.2, 0.25) is 23.1 Å². The van der Waals surface area contributed by atoms with E-state index in [1.54, 1.807) is 13.0 Å². The van der Waals surface area contributed by atoms with Gasteiger partial charge in [0.25, 0.3) is 0 Å². The number of hydrogen-bond acceptors (Lipinski definition) is 4. The van der Waals surface area contributed by atoms with Crippen molar-refractivity contribution in [2.24, 2.45) is 0 Å². The second-order valence-corrected chi connectivity index (χ2v) is 3.64. The Morgan fingerprint density at radius 2 is 1.67 bits per heavy atom. The van der Waals surface area contributed by atoms with Gasteiger partial charge in [0.05, 0.1) is 14.2 Å². The molecular formula is C14H18O4. The average molecular weight is 250 g/mol. The van der Waals surface area contributed by atoms with E-state index in [9.17, 15) is 9.59 Å². The van der Waals surface area contributed by atoms with Crippen molar-refractivity contribution < 1.29 is 19.1 Å². The monoisotopic (exact) mass is 250 g/mol. The van der Waals surface area contributed by atoms with E-state index in [0.717, 1.165) is 5.57 Å². The van der Waals surface area contributed by atoms with E-state index in [1.165, 1.54) is 20.3 Å². The molecule has 0 saturated heterocycles. The van der Waals surface area contributed by atoms with Crippen LogP contribution in [-0.2, 0) is 19.1 Å². The first-order valence-corrected chi connectivity index (χ1v) is 5.26. The molecule has 0 aliphatic heterocycles. The molecule has 4 nitrogen and oxygen atoms in total. The number of Topliss-reactive ketones (excluding diaryl/α,β-unsaturated/α-hetero) is 1. The zero-order chi connectivity index (χ0) is 14.3. The molecule has 98 valence electrons. The molecule has 1 rings (SSSR count). The lowest BCUT2D eigenvalue weighted by molar-refractivity contribution is -0.120. The van der Waals surface area contributed by atoms with Crippen LogP contribution in [0.3, 0.4) is 0 Å². The summed E-state index contributed by atoms with van der Waals surface area (Å²) in [4.78, 5) is 22.6. The van der Waals surface area contributed by atoms with E-state index in [1.807, 2.05) is 6.92 Å². The maximum atomic E-state index is 11.4. The zero-order valence-corrected chi connectivity index (χ0v) is 11.2. The molecule has 0 bridgehead atoms. The van der Waals surface area contributed by atoms with E-state index in [0.29, 0.717) is 5.57 Å². The molecule has 0 aromatic heterocycles. The van der Waals surface area contributed by atoms with Gasteiger partial charge in [0.15, 0.2) is 0 Å². The number of rotatable bonds is 3. The number of ketones is 2. The van der Waals surface area contributed by atoms with Gasteiger partial charge >= 0.3 is 0 Å². The summed E-state index contributed by atoms with van der Waals surface area (Å²) in [5, 5.41) is 0. The lowest BCUT2D eigenvalue weighted by atomic mass is 10.0. The van der Waals surface area contributed by atoms with Crippen molar-refractivity contribution in [3.8, 4) is 0 Å². The maximum Gasteiger partial charge on any atom is 0.227 e. The van der Waals surface area contributed by atoms with E-state index in [4.69, 9.17) is 9.47 Å². The SMILES string of the molecule is C=CC(=C)C.COC1=C(OC)C(=O)C(C)=CC1=O. The molecule has 18 heavy (non-hydrogen) atoms.